The average Bonchev–Trinajstić information content (AvgIpc) is 3.53. The quantitative estimate of drug-likeness (QED) is 0.301. The number of amides is 1. The van der Waals surface area contributed by atoms with Crippen LogP contribution in [-0.4, -0.2) is 86.5 Å². The number of methoxy groups -OCH3 is 1. The summed E-state index contributed by atoms with van der Waals surface area (Å²) in [5.74, 6) is -1.70. The van der Waals surface area contributed by atoms with Crippen molar-refractivity contribution in [1.29, 1.82) is 5.26 Å². The lowest BCUT2D eigenvalue weighted by atomic mass is 9.89. The summed E-state index contributed by atoms with van der Waals surface area (Å²) in [5, 5.41) is 11.0. The molecular formula is C33H35ClF2N6O4. The van der Waals surface area contributed by atoms with Crippen LogP contribution >= 0.6 is 11.6 Å². The molecule has 0 unspecified atom stereocenters. The number of ether oxygens (including phenoxy) is 3. The molecule has 1 amide bonds. The summed E-state index contributed by atoms with van der Waals surface area (Å²) in [5.41, 5.74) is 2.13. The molecule has 242 valence electrons. The van der Waals surface area contributed by atoms with Crippen molar-refractivity contribution in [2.75, 3.05) is 69.5 Å². The maximum absolute atomic E-state index is 14.6. The van der Waals surface area contributed by atoms with Gasteiger partial charge in [0.2, 0.25) is 0 Å². The number of carbonyl (C=O) groups is 1. The number of hydrogen-bond acceptors (Lipinski definition) is 9. The van der Waals surface area contributed by atoms with E-state index in [9.17, 15) is 18.8 Å². The molecular weight excluding hydrogens is 618 g/mol. The normalized spacial score (nSPS) is 21.3. The van der Waals surface area contributed by atoms with Crippen LogP contribution in [0.15, 0.2) is 42.7 Å². The molecule has 2 aromatic carbocycles. The minimum atomic E-state index is -1.05. The molecule has 1 aromatic heterocycles. The predicted molar refractivity (Wildman–Crippen MR) is 169 cm³/mol. The van der Waals surface area contributed by atoms with E-state index in [0.717, 1.165) is 28.8 Å². The molecule has 13 heteroatoms. The Bertz CT molecular complexity index is 1690. The van der Waals surface area contributed by atoms with Gasteiger partial charge in [-0.05, 0) is 30.4 Å². The lowest BCUT2D eigenvalue weighted by Crippen LogP contribution is -2.55. The number of benzene rings is 2. The molecule has 0 radical (unpaired) electrons. The first-order valence-corrected chi connectivity index (χ1v) is 15.6. The van der Waals surface area contributed by atoms with E-state index in [1.165, 1.54) is 11.0 Å². The monoisotopic (exact) mass is 652 g/mol. The zero-order valence-electron chi connectivity index (χ0n) is 25.6. The molecule has 0 aliphatic carbocycles. The van der Waals surface area contributed by atoms with Crippen molar-refractivity contribution in [2.24, 2.45) is 5.41 Å². The summed E-state index contributed by atoms with van der Waals surface area (Å²) < 4.78 is 45.8. The Morgan fingerprint density at radius 3 is 2.80 bits per heavy atom. The molecule has 46 heavy (non-hydrogen) atoms. The Morgan fingerprint density at radius 1 is 1.22 bits per heavy atom. The van der Waals surface area contributed by atoms with Crippen molar-refractivity contribution in [3.05, 3.63) is 64.8 Å². The molecule has 0 N–H and O–H groups in total. The maximum atomic E-state index is 14.6. The minimum Gasteiger partial charge on any atom is -0.463 e. The zero-order chi connectivity index (χ0) is 32.4. The largest absolute Gasteiger partial charge is 0.463 e. The number of fused-ring (bicyclic) bond motifs is 2. The Labute approximate surface area is 271 Å². The molecule has 3 aliphatic rings. The first kappa shape index (κ1) is 31.9. The molecule has 0 bridgehead atoms. The van der Waals surface area contributed by atoms with E-state index in [-0.39, 0.29) is 36.0 Å². The number of carbonyl (C=O) groups excluding carboxylic acids is 1. The smallest absolute Gasteiger partial charge is 0.318 e. The fourth-order valence-electron chi connectivity index (χ4n) is 6.67. The highest BCUT2D eigenvalue weighted by molar-refractivity contribution is 6.36. The van der Waals surface area contributed by atoms with Crippen LogP contribution < -0.4 is 14.5 Å². The molecule has 6 rings (SSSR count). The summed E-state index contributed by atoms with van der Waals surface area (Å²) in [7, 11) is 1.65. The number of nitriles is 1. The molecule has 0 spiro atoms. The summed E-state index contributed by atoms with van der Waals surface area (Å²) in [6.07, 6.45) is 1.37. The Balaban J connectivity index is 1.36. The second kappa shape index (κ2) is 13.4. The van der Waals surface area contributed by atoms with Crippen LogP contribution in [0.4, 0.5) is 20.3 Å². The van der Waals surface area contributed by atoms with Gasteiger partial charge in [0, 0.05) is 56.5 Å². The van der Waals surface area contributed by atoms with Gasteiger partial charge in [0.15, 0.2) is 5.83 Å². The first-order valence-electron chi connectivity index (χ1n) is 15.2. The lowest BCUT2D eigenvalue weighted by molar-refractivity contribution is -0.131. The third kappa shape index (κ3) is 6.19. The van der Waals surface area contributed by atoms with Crippen LogP contribution in [0.2, 0.25) is 5.02 Å². The predicted octanol–water partition coefficient (Wildman–Crippen LogP) is 4.83. The maximum Gasteiger partial charge on any atom is 0.318 e. The van der Waals surface area contributed by atoms with Gasteiger partial charge in [0.05, 0.1) is 54.4 Å². The van der Waals surface area contributed by atoms with Crippen LogP contribution in [0.3, 0.4) is 0 Å². The highest BCUT2D eigenvalue weighted by Crippen LogP contribution is 2.39. The topological polar surface area (TPSA) is 104 Å². The van der Waals surface area contributed by atoms with E-state index in [1.807, 2.05) is 23.1 Å². The SMILES string of the molecule is C=C(F)C(=O)N1CCN(c2nc(OC[C@]3(COC)CCOC3)nc3c2CCN(c2cccc4ccc(F)c(Cl)c24)C3)C[C@@H]1CC#N. The molecule has 3 aliphatic heterocycles. The molecule has 2 saturated heterocycles. The van der Waals surface area contributed by atoms with E-state index in [1.54, 1.807) is 13.2 Å². The average molecular weight is 653 g/mol. The highest BCUT2D eigenvalue weighted by atomic mass is 35.5. The van der Waals surface area contributed by atoms with Crippen molar-refractivity contribution < 1.29 is 27.8 Å². The van der Waals surface area contributed by atoms with Crippen molar-refractivity contribution in [3.63, 3.8) is 0 Å². The minimum absolute atomic E-state index is 0.0257. The number of aromatic nitrogens is 2. The second-order valence-corrected chi connectivity index (χ2v) is 12.4. The van der Waals surface area contributed by atoms with Gasteiger partial charge in [-0.15, -0.1) is 0 Å². The Hall–Kier alpha value is -4.05. The van der Waals surface area contributed by atoms with Crippen LogP contribution in [0.5, 0.6) is 6.01 Å². The van der Waals surface area contributed by atoms with Gasteiger partial charge < -0.3 is 28.9 Å². The van der Waals surface area contributed by atoms with Crippen LogP contribution in [-0.2, 0) is 27.2 Å². The number of hydrogen-bond donors (Lipinski definition) is 0. The van der Waals surface area contributed by atoms with Gasteiger partial charge in [0.25, 0.3) is 5.91 Å². The molecule has 2 atom stereocenters. The first-order chi connectivity index (χ1) is 22.2. The zero-order valence-corrected chi connectivity index (χ0v) is 26.4. The summed E-state index contributed by atoms with van der Waals surface area (Å²) >= 11 is 6.48. The van der Waals surface area contributed by atoms with E-state index in [4.69, 9.17) is 35.8 Å². The van der Waals surface area contributed by atoms with Gasteiger partial charge in [-0.3, -0.25) is 4.79 Å². The number of piperazine rings is 1. The van der Waals surface area contributed by atoms with E-state index < -0.39 is 23.6 Å². The Morgan fingerprint density at radius 2 is 2.07 bits per heavy atom. The fourth-order valence-corrected chi connectivity index (χ4v) is 6.94. The van der Waals surface area contributed by atoms with E-state index in [0.29, 0.717) is 63.7 Å². The van der Waals surface area contributed by atoms with E-state index >= 15 is 0 Å². The number of rotatable bonds is 9. The standard InChI is InChI=1S/C33H35ClF2N6O4/c1-21(35)31(43)42-14-13-41(16-23(42)8-11-37)30-24-9-12-40(27-5-3-4-22-6-7-25(36)29(34)28(22)27)17-26(24)38-32(39-30)46-20-33(18-44-2)10-15-45-19-33/h3-7,23H,1,8-10,12-20H2,2H3/t23-,33-/m0/s1. The molecule has 2 fully saturated rings. The molecule has 4 heterocycles. The van der Waals surface area contributed by atoms with Crippen LogP contribution in [0.25, 0.3) is 10.8 Å². The Kier molecular flexibility index (Phi) is 9.27. The van der Waals surface area contributed by atoms with Crippen molar-refractivity contribution in [3.8, 4) is 12.1 Å². The molecule has 0 saturated carbocycles. The van der Waals surface area contributed by atoms with Gasteiger partial charge in [-0.25, -0.2) is 8.78 Å². The summed E-state index contributed by atoms with van der Waals surface area (Å²) in [6, 6.07) is 10.6. The van der Waals surface area contributed by atoms with Crippen LogP contribution in [0.1, 0.15) is 24.1 Å². The van der Waals surface area contributed by atoms with Crippen molar-refractivity contribution in [1.82, 2.24) is 14.9 Å². The van der Waals surface area contributed by atoms with Gasteiger partial charge in [-0.2, -0.15) is 15.2 Å². The van der Waals surface area contributed by atoms with Crippen molar-refractivity contribution >= 4 is 39.8 Å². The fraction of sp³-hybridized carbons (Fsp3) is 0.455. The van der Waals surface area contributed by atoms with Gasteiger partial charge in [-0.1, -0.05) is 36.4 Å². The number of halogens is 3. The third-order valence-corrected chi connectivity index (χ3v) is 9.39. The summed E-state index contributed by atoms with van der Waals surface area (Å²) in [4.78, 5) is 27.8. The number of anilines is 2. The van der Waals surface area contributed by atoms with Gasteiger partial charge >= 0.3 is 6.01 Å². The number of nitrogens with zero attached hydrogens (tertiary/aromatic N) is 6. The molecule has 10 nitrogen and oxygen atoms in total. The van der Waals surface area contributed by atoms with Crippen molar-refractivity contribution in [2.45, 2.75) is 31.8 Å². The third-order valence-electron chi connectivity index (χ3n) is 9.02. The molecule has 3 aromatic rings. The van der Waals surface area contributed by atoms with Gasteiger partial charge in [0.1, 0.15) is 18.2 Å². The summed E-state index contributed by atoms with van der Waals surface area (Å²) in [6.45, 7) is 6.84. The second-order valence-electron chi connectivity index (χ2n) is 12.1. The highest BCUT2D eigenvalue weighted by Gasteiger charge is 2.38. The lowest BCUT2D eigenvalue weighted by Gasteiger charge is -2.42. The van der Waals surface area contributed by atoms with E-state index in [2.05, 4.69) is 17.5 Å². The van der Waals surface area contributed by atoms with Crippen LogP contribution in [0, 0.1) is 22.6 Å².